The Morgan fingerprint density at radius 2 is 1.41 bits per heavy atom. The van der Waals surface area contributed by atoms with Gasteiger partial charge in [-0.25, -0.2) is 14.4 Å². The lowest BCUT2D eigenvalue weighted by Crippen LogP contribution is -2.51. The number of hydrogen-bond acceptors (Lipinski definition) is 7. The number of esters is 1. The Morgan fingerprint density at radius 1 is 0.826 bits per heavy atom. The fourth-order valence-electron chi connectivity index (χ4n) is 4.75. The molecule has 2 atom stereocenters. The van der Waals surface area contributed by atoms with Crippen molar-refractivity contribution >= 4 is 18.2 Å². The molecule has 0 aromatic heterocycles. The van der Waals surface area contributed by atoms with Gasteiger partial charge in [0.1, 0.15) is 36.7 Å². The van der Waals surface area contributed by atoms with Crippen molar-refractivity contribution in [2.45, 2.75) is 91.3 Å². The van der Waals surface area contributed by atoms with Gasteiger partial charge in [0, 0.05) is 6.54 Å². The third kappa shape index (κ3) is 12.8. The lowest BCUT2D eigenvalue weighted by atomic mass is 10.1. The van der Waals surface area contributed by atoms with Gasteiger partial charge < -0.3 is 24.3 Å². The summed E-state index contributed by atoms with van der Waals surface area (Å²) in [4.78, 5) is 40.4. The molecule has 0 bridgehead atoms. The van der Waals surface area contributed by atoms with E-state index in [4.69, 9.17) is 18.9 Å². The highest BCUT2D eigenvalue weighted by molar-refractivity contribution is 5.81. The molecule has 9 heteroatoms. The highest BCUT2D eigenvalue weighted by Crippen LogP contribution is 2.23. The minimum Gasteiger partial charge on any atom is -0.489 e. The van der Waals surface area contributed by atoms with E-state index in [0.717, 1.165) is 16.7 Å². The summed E-state index contributed by atoms with van der Waals surface area (Å²) in [6.45, 7) is 10.1. The van der Waals surface area contributed by atoms with Gasteiger partial charge in [-0.3, -0.25) is 4.90 Å². The maximum absolute atomic E-state index is 13.5. The van der Waals surface area contributed by atoms with E-state index in [1.54, 1.807) is 20.8 Å². The molecule has 0 fully saturated rings. The summed E-state index contributed by atoms with van der Waals surface area (Å²) in [5.74, 6) is 0.184. The molecule has 0 aliphatic rings. The number of amides is 2. The Hall–Kier alpha value is -4.53. The molecular formula is C37H48N2O7. The molecule has 1 N–H and O–H groups in total. The van der Waals surface area contributed by atoms with Crippen LogP contribution in [-0.4, -0.2) is 53.9 Å². The van der Waals surface area contributed by atoms with E-state index < -0.39 is 35.9 Å². The van der Waals surface area contributed by atoms with E-state index in [0.29, 0.717) is 38.0 Å². The van der Waals surface area contributed by atoms with E-state index in [2.05, 4.69) is 5.32 Å². The molecule has 3 aromatic rings. The summed E-state index contributed by atoms with van der Waals surface area (Å²) in [5.41, 5.74) is 2.00. The van der Waals surface area contributed by atoms with Crippen LogP contribution in [0, 0.1) is 0 Å². The van der Waals surface area contributed by atoms with Crippen molar-refractivity contribution in [3.05, 3.63) is 102 Å². The van der Waals surface area contributed by atoms with E-state index in [1.807, 2.05) is 98.8 Å². The summed E-state index contributed by atoms with van der Waals surface area (Å²) in [5, 5.41) is 2.79. The standard InChI is InChI=1S/C37H48N2O7/c1-6-16-32(34(40)43-26-29-17-9-7-10-18-29)39(36(42)46-37(3,4)5)25-28(2)45-33-23-14-13-21-31(33)22-15-24-38-35(41)44-27-30-19-11-8-12-20-30/h7-14,17-21,23,28,32H,6,15-16,22,24-27H2,1-5H3,(H,38,41)/t28-,32+/m1/s1. The van der Waals surface area contributed by atoms with Crippen LogP contribution in [0.25, 0.3) is 0 Å². The Balaban J connectivity index is 1.61. The fourth-order valence-corrected chi connectivity index (χ4v) is 4.75. The number of nitrogens with zero attached hydrogens (tertiary/aromatic N) is 1. The average molecular weight is 633 g/mol. The third-order valence-corrected chi connectivity index (χ3v) is 6.92. The number of hydrogen-bond donors (Lipinski definition) is 1. The zero-order chi connectivity index (χ0) is 33.4. The highest BCUT2D eigenvalue weighted by atomic mass is 16.6. The molecule has 0 spiro atoms. The zero-order valence-electron chi connectivity index (χ0n) is 27.7. The predicted molar refractivity (Wildman–Crippen MR) is 177 cm³/mol. The second-order valence-corrected chi connectivity index (χ2v) is 12.2. The van der Waals surface area contributed by atoms with Crippen LogP contribution in [0.3, 0.4) is 0 Å². The SMILES string of the molecule is CCC[C@@H](C(=O)OCc1ccccc1)N(C[C@@H](C)Oc1ccccc1CCCNC(=O)OCc1ccccc1)C(=O)OC(C)(C)C. The molecule has 0 aliphatic heterocycles. The Kier molecular flexibility index (Phi) is 14.4. The molecule has 0 radical (unpaired) electrons. The van der Waals surface area contributed by atoms with Gasteiger partial charge in [-0.2, -0.15) is 0 Å². The largest absolute Gasteiger partial charge is 0.489 e. The summed E-state index contributed by atoms with van der Waals surface area (Å²) in [6.07, 6.45) is 0.867. The van der Waals surface area contributed by atoms with Crippen molar-refractivity contribution in [2.75, 3.05) is 13.1 Å². The first-order valence-corrected chi connectivity index (χ1v) is 15.9. The minimum absolute atomic E-state index is 0.112. The fraction of sp³-hybridized carbons (Fsp3) is 0.432. The van der Waals surface area contributed by atoms with E-state index in [9.17, 15) is 14.4 Å². The first-order valence-electron chi connectivity index (χ1n) is 15.9. The zero-order valence-corrected chi connectivity index (χ0v) is 27.7. The normalized spacial score (nSPS) is 12.4. The molecule has 0 unspecified atom stereocenters. The number of carbonyl (C=O) groups is 3. The minimum atomic E-state index is -0.836. The molecular weight excluding hydrogens is 584 g/mol. The number of ether oxygens (including phenoxy) is 4. The highest BCUT2D eigenvalue weighted by Gasteiger charge is 2.35. The van der Waals surface area contributed by atoms with Crippen LogP contribution in [-0.2, 0) is 38.6 Å². The second-order valence-electron chi connectivity index (χ2n) is 12.2. The average Bonchev–Trinajstić information content (AvgIpc) is 3.03. The third-order valence-electron chi connectivity index (χ3n) is 6.92. The van der Waals surface area contributed by atoms with Crippen molar-refractivity contribution in [3.8, 4) is 5.75 Å². The summed E-state index contributed by atoms with van der Waals surface area (Å²) < 4.78 is 23.0. The molecule has 0 heterocycles. The Labute approximate surface area is 273 Å². The van der Waals surface area contributed by atoms with Gasteiger partial charge in [0.15, 0.2) is 0 Å². The van der Waals surface area contributed by atoms with E-state index in [-0.39, 0.29) is 19.8 Å². The van der Waals surface area contributed by atoms with Gasteiger partial charge in [0.25, 0.3) is 0 Å². The summed E-state index contributed by atoms with van der Waals surface area (Å²) >= 11 is 0. The maximum atomic E-state index is 13.5. The van der Waals surface area contributed by atoms with E-state index >= 15 is 0 Å². The van der Waals surface area contributed by atoms with Crippen molar-refractivity contribution in [1.29, 1.82) is 0 Å². The van der Waals surface area contributed by atoms with Crippen LogP contribution in [0.2, 0.25) is 0 Å². The second kappa shape index (κ2) is 18.4. The monoisotopic (exact) mass is 632 g/mol. The molecule has 2 amide bonds. The van der Waals surface area contributed by atoms with E-state index in [1.165, 1.54) is 4.90 Å². The molecule has 0 saturated carbocycles. The van der Waals surface area contributed by atoms with Gasteiger partial charge in [0.05, 0.1) is 6.54 Å². The number of rotatable bonds is 16. The van der Waals surface area contributed by atoms with Crippen molar-refractivity contribution in [2.24, 2.45) is 0 Å². The molecule has 0 aliphatic carbocycles. The van der Waals surface area contributed by atoms with Gasteiger partial charge >= 0.3 is 18.2 Å². The number of para-hydroxylation sites is 1. The van der Waals surface area contributed by atoms with Crippen molar-refractivity contribution in [1.82, 2.24) is 10.2 Å². The molecule has 0 saturated heterocycles. The molecule has 248 valence electrons. The quantitative estimate of drug-likeness (QED) is 0.0993. The van der Waals surface area contributed by atoms with Crippen LogP contribution in [0.15, 0.2) is 84.9 Å². The maximum Gasteiger partial charge on any atom is 0.411 e. The van der Waals surface area contributed by atoms with Gasteiger partial charge in [-0.15, -0.1) is 0 Å². The lowest BCUT2D eigenvalue weighted by molar-refractivity contribution is -0.152. The lowest BCUT2D eigenvalue weighted by Gasteiger charge is -2.34. The van der Waals surface area contributed by atoms with Crippen molar-refractivity contribution < 1.29 is 33.3 Å². The van der Waals surface area contributed by atoms with Crippen LogP contribution < -0.4 is 10.1 Å². The first-order chi connectivity index (χ1) is 22.1. The topological polar surface area (TPSA) is 103 Å². The molecule has 3 aromatic carbocycles. The Morgan fingerprint density at radius 3 is 2.02 bits per heavy atom. The number of carbonyl (C=O) groups excluding carboxylic acids is 3. The molecule has 3 rings (SSSR count). The molecule has 46 heavy (non-hydrogen) atoms. The summed E-state index contributed by atoms with van der Waals surface area (Å²) in [7, 11) is 0. The van der Waals surface area contributed by atoms with Crippen LogP contribution in [0.1, 0.15) is 70.6 Å². The van der Waals surface area contributed by atoms with Crippen LogP contribution in [0.5, 0.6) is 5.75 Å². The first kappa shape index (κ1) is 35.9. The number of alkyl carbamates (subject to hydrolysis) is 1. The number of benzene rings is 3. The van der Waals surface area contributed by atoms with Gasteiger partial charge in [-0.05, 0) is 69.7 Å². The van der Waals surface area contributed by atoms with Gasteiger partial charge in [0.2, 0.25) is 0 Å². The van der Waals surface area contributed by atoms with Crippen LogP contribution >= 0.6 is 0 Å². The summed E-state index contributed by atoms with van der Waals surface area (Å²) in [6, 6.07) is 25.8. The smallest absolute Gasteiger partial charge is 0.411 e. The number of aryl methyl sites for hydroxylation is 1. The van der Waals surface area contributed by atoms with Crippen LogP contribution in [0.4, 0.5) is 9.59 Å². The number of nitrogens with one attached hydrogen (secondary N) is 1. The Bertz CT molecular complexity index is 1360. The van der Waals surface area contributed by atoms with Gasteiger partial charge in [-0.1, -0.05) is 92.2 Å². The molecule has 9 nitrogen and oxygen atoms in total. The predicted octanol–water partition coefficient (Wildman–Crippen LogP) is 7.46. The van der Waals surface area contributed by atoms with Crippen molar-refractivity contribution in [3.63, 3.8) is 0 Å².